The van der Waals surface area contributed by atoms with Crippen LogP contribution in [0.3, 0.4) is 0 Å². The van der Waals surface area contributed by atoms with Crippen LogP contribution in [0.4, 0.5) is 0 Å². The Hall–Kier alpha value is -0.860. The van der Waals surface area contributed by atoms with Crippen molar-refractivity contribution < 1.29 is 0 Å². The van der Waals surface area contributed by atoms with E-state index in [4.69, 9.17) is 5.73 Å². The lowest BCUT2D eigenvalue weighted by Crippen LogP contribution is -2.45. The van der Waals surface area contributed by atoms with Gasteiger partial charge in [0, 0.05) is 30.1 Å². The molecule has 2 fully saturated rings. The van der Waals surface area contributed by atoms with E-state index in [-0.39, 0.29) is 5.54 Å². The summed E-state index contributed by atoms with van der Waals surface area (Å²) in [6.45, 7) is 6.74. The standard InChI is InChI=1S/C15H22N2/c1-12(13-6-4-3-5-7-13)17-10-14(2,16)15(11-17)8-9-15/h3-7,12H,8-11,16H2,1-2H3/t12-,14-/m1/s1. The molecule has 3 rings (SSSR count). The van der Waals surface area contributed by atoms with Crippen LogP contribution in [-0.2, 0) is 0 Å². The molecule has 1 saturated carbocycles. The monoisotopic (exact) mass is 230 g/mol. The topological polar surface area (TPSA) is 29.3 Å². The summed E-state index contributed by atoms with van der Waals surface area (Å²) >= 11 is 0. The first-order valence-electron chi connectivity index (χ1n) is 6.62. The predicted molar refractivity (Wildman–Crippen MR) is 70.7 cm³/mol. The van der Waals surface area contributed by atoms with Gasteiger partial charge in [0.25, 0.3) is 0 Å². The van der Waals surface area contributed by atoms with Crippen LogP contribution in [0.5, 0.6) is 0 Å². The Balaban J connectivity index is 1.79. The van der Waals surface area contributed by atoms with Crippen LogP contribution in [0.25, 0.3) is 0 Å². The number of nitrogens with zero attached hydrogens (tertiary/aromatic N) is 1. The van der Waals surface area contributed by atoms with Crippen molar-refractivity contribution in [3.8, 4) is 0 Å². The van der Waals surface area contributed by atoms with Crippen molar-refractivity contribution in [2.24, 2.45) is 11.1 Å². The molecule has 0 aromatic heterocycles. The summed E-state index contributed by atoms with van der Waals surface area (Å²) in [4.78, 5) is 2.56. The summed E-state index contributed by atoms with van der Waals surface area (Å²) < 4.78 is 0. The normalized spacial score (nSPS) is 32.9. The van der Waals surface area contributed by atoms with E-state index in [9.17, 15) is 0 Å². The van der Waals surface area contributed by atoms with Gasteiger partial charge in [-0.15, -0.1) is 0 Å². The lowest BCUT2D eigenvalue weighted by molar-refractivity contribution is 0.245. The molecule has 1 aliphatic carbocycles. The molecule has 0 radical (unpaired) electrons. The number of likely N-dealkylation sites (tertiary alicyclic amines) is 1. The van der Waals surface area contributed by atoms with Gasteiger partial charge in [-0.3, -0.25) is 4.90 Å². The zero-order chi connectivity index (χ0) is 12.1. The quantitative estimate of drug-likeness (QED) is 0.846. The van der Waals surface area contributed by atoms with Gasteiger partial charge in [0.05, 0.1) is 0 Å². The molecule has 1 saturated heterocycles. The summed E-state index contributed by atoms with van der Waals surface area (Å²) in [5.41, 5.74) is 8.32. The minimum absolute atomic E-state index is 0.00996. The van der Waals surface area contributed by atoms with Crippen molar-refractivity contribution >= 4 is 0 Å². The van der Waals surface area contributed by atoms with E-state index >= 15 is 0 Å². The molecule has 0 unspecified atom stereocenters. The third kappa shape index (κ3) is 1.71. The van der Waals surface area contributed by atoms with Crippen LogP contribution < -0.4 is 5.73 Å². The van der Waals surface area contributed by atoms with Crippen LogP contribution >= 0.6 is 0 Å². The van der Waals surface area contributed by atoms with Gasteiger partial charge in [-0.25, -0.2) is 0 Å². The average Bonchev–Trinajstić information content (AvgIpc) is 3.04. The van der Waals surface area contributed by atoms with E-state index < -0.39 is 0 Å². The molecule has 2 atom stereocenters. The van der Waals surface area contributed by atoms with Crippen LogP contribution in [0, 0.1) is 5.41 Å². The Bertz CT molecular complexity index is 400. The van der Waals surface area contributed by atoms with Crippen LogP contribution in [0.1, 0.15) is 38.3 Å². The predicted octanol–water partition coefficient (Wildman–Crippen LogP) is 2.56. The van der Waals surface area contributed by atoms with Crippen molar-refractivity contribution in [2.75, 3.05) is 13.1 Å². The molecule has 2 aliphatic rings. The highest BCUT2D eigenvalue weighted by Crippen LogP contribution is 2.58. The molecule has 1 aromatic carbocycles. The van der Waals surface area contributed by atoms with Gasteiger partial charge in [0.2, 0.25) is 0 Å². The van der Waals surface area contributed by atoms with Crippen molar-refractivity contribution in [3.63, 3.8) is 0 Å². The molecule has 0 amide bonds. The smallest absolute Gasteiger partial charge is 0.0324 e. The first-order chi connectivity index (χ1) is 8.04. The van der Waals surface area contributed by atoms with E-state index in [2.05, 4.69) is 49.1 Å². The van der Waals surface area contributed by atoms with Gasteiger partial charge >= 0.3 is 0 Å². The highest BCUT2D eigenvalue weighted by atomic mass is 15.2. The fourth-order valence-electron chi connectivity index (χ4n) is 3.31. The van der Waals surface area contributed by atoms with E-state index in [1.54, 1.807) is 0 Å². The molecule has 2 nitrogen and oxygen atoms in total. The Morgan fingerprint density at radius 1 is 1.18 bits per heavy atom. The SMILES string of the molecule is C[C@H](c1ccccc1)N1CC2(CC2)[C@](C)(N)C1. The van der Waals surface area contributed by atoms with Crippen molar-refractivity contribution in [1.29, 1.82) is 0 Å². The molecule has 1 aliphatic heterocycles. The third-order valence-electron chi connectivity index (χ3n) is 4.93. The number of nitrogens with two attached hydrogens (primary N) is 1. The average molecular weight is 230 g/mol. The zero-order valence-electron chi connectivity index (χ0n) is 10.8. The number of hydrogen-bond donors (Lipinski definition) is 1. The summed E-state index contributed by atoms with van der Waals surface area (Å²) in [6.07, 6.45) is 2.63. The Labute approximate surface area is 104 Å². The summed E-state index contributed by atoms with van der Waals surface area (Å²) in [5, 5.41) is 0. The van der Waals surface area contributed by atoms with Crippen molar-refractivity contribution in [1.82, 2.24) is 4.90 Å². The molecular weight excluding hydrogens is 208 g/mol. The van der Waals surface area contributed by atoms with Gasteiger partial charge in [-0.05, 0) is 32.3 Å². The van der Waals surface area contributed by atoms with Gasteiger partial charge < -0.3 is 5.73 Å². The lowest BCUT2D eigenvalue weighted by atomic mass is 9.87. The van der Waals surface area contributed by atoms with Crippen LogP contribution in [0.15, 0.2) is 30.3 Å². The minimum atomic E-state index is 0.00996. The van der Waals surface area contributed by atoms with Crippen LogP contribution in [0.2, 0.25) is 0 Å². The molecule has 17 heavy (non-hydrogen) atoms. The maximum absolute atomic E-state index is 6.48. The molecule has 1 spiro atoms. The second-order valence-corrected chi connectivity index (χ2v) is 6.19. The zero-order valence-corrected chi connectivity index (χ0v) is 10.8. The van der Waals surface area contributed by atoms with Gasteiger partial charge in [-0.1, -0.05) is 30.3 Å². The maximum atomic E-state index is 6.48. The minimum Gasteiger partial charge on any atom is -0.324 e. The molecule has 0 bridgehead atoms. The fourth-order valence-corrected chi connectivity index (χ4v) is 3.31. The molecule has 2 N–H and O–H groups in total. The second-order valence-electron chi connectivity index (χ2n) is 6.19. The maximum Gasteiger partial charge on any atom is 0.0324 e. The molecule has 1 heterocycles. The first kappa shape index (κ1) is 11.2. The molecule has 2 heteroatoms. The van der Waals surface area contributed by atoms with Gasteiger partial charge in [-0.2, -0.15) is 0 Å². The Morgan fingerprint density at radius 2 is 1.82 bits per heavy atom. The molecule has 1 aromatic rings. The highest BCUT2D eigenvalue weighted by Gasteiger charge is 2.60. The summed E-state index contributed by atoms with van der Waals surface area (Å²) in [6, 6.07) is 11.2. The summed E-state index contributed by atoms with van der Waals surface area (Å²) in [7, 11) is 0. The number of hydrogen-bond acceptors (Lipinski definition) is 2. The van der Waals surface area contributed by atoms with E-state index in [0.29, 0.717) is 11.5 Å². The van der Waals surface area contributed by atoms with E-state index in [0.717, 1.165) is 6.54 Å². The number of rotatable bonds is 2. The van der Waals surface area contributed by atoms with Gasteiger partial charge in [0.15, 0.2) is 0 Å². The van der Waals surface area contributed by atoms with Crippen LogP contribution in [-0.4, -0.2) is 23.5 Å². The highest BCUT2D eigenvalue weighted by molar-refractivity contribution is 5.22. The largest absolute Gasteiger partial charge is 0.324 e. The van der Waals surface area contributed by atoms with E-state index in [1.807, 2.05) is 0 Å². The fraction of sp³-hybridized carbons (Fsp3) is 0.600. The third-order valence-corrected chi connectivity index (χ3v) is 4.93. The van der Waals surface area contributed by atoms with E-state index in [1.165, 1.54) is 24.9 Å². The van der Waals surface area contributed by atoms with Gasteiger partial charge in [0.1, 0.15) is 0 Å². The van der Waals surface area contributed by atoms with Crippen molar-refractivity contribution in [2.45, 2.75) is 38.3 Å². The molecular formula is C15H22N2. The summed E-state index contributed by atoms with van der Waals surface area (Å²) in [5.74, 6) is 0. The lowest BCUT2D eigenvalue weighted by Gasteiger charge is -2.26. The molecule has 92 valence electrons. The first-order valence-corrected chi connectivity index (χ1v) is 6.62. The Morgan fingerprint density at radius 3 is 2.35 bits per heavy atom. The second kappa shape index (κ2) is 3.56. The Kier molecular flexibility index (Phi) is 2.36. The number of benzene rings is 1. The van der Waals surface area contributed by atoms with Crippen molar-refractivity contribution in [3.05, 3.63) is 35.9 Å².